The normalized spacial score (nSPS) is 11.5. The number of benzene rings is 2. The number of amides is 1. The van der Waals surface area contributed by atoms with Gasteiger partial charge in [-0.2, -0.15) is 13.2 Å². The zero-order valence-electron chi connectivity index (χ0n) is 17.1. The van der Waals surface area contributed by atoms with Crippen LogP contribution in [-0.2, 0) is 12.6 Å². The molecule has 164 valence electrons. The standard InChI is InChI=1S/C22H18F3N5OS/c1-13-18(12-15-7-6-8-16(11-15)22(23,24)25)32-21(26-13)27-20(31)19-14(2)30(29-28-19)17-9-4-3-5-10-17/h3-11H,12H2,1-2H3,(H,26,27,31). The molecule has 0 bridgehead atoms. The second kappa shape index (κ2) is 8.54. The van der Waals surface area contributed by atoms with Crippen LogP contribution >= 0.6 is 11.3 Å². The van der Waals surface area contributed by atoms with E-state index in [1.165, 1.54) is 17.4 Å². The molecule has 0 aliphatic heterocycles. The topological polar surface area (TPSA) is 72.7 Å². The van der Waals surface area contributed by atoms with Crippen molar-refractivity contribution >= 4 is 22.4 Å². The molecule has 0 saturated carbocycles. The number of para-hydroxylation sites is 1. The van der Waals surface area contributed by atoms with Crippen molar-refractivity contribution in [3.8, 4) is 5.69 Å². The number of thiazole rings is 1. The Morgan fingerprint density at radius 2 is 1.84 bits per heavy atom. The van der Waals surface area contributed by atoms with Gasteiger partial charge in [-0.3, -0.25) is 10.1 Å². The second-order valence-electron chi connectivity index (χ2n) is 7.13. The fraction of sp³-hybridized carbons (Fsp3) is 0.182. The van der Waals surface area contributed by atoms with E-state index >= 15 is 0 Å². The highest BCUT2D eigenvalue weighted by molar-refractivity contribution is 7.15. The summed E-state index contributed by atoms with van der Waals surface area (Å²) in [5.41, 5.74) is 2.00. The Morgan fingerprint density at radius 3 is 2.56 bits per heavy atom. The van der Waals surface area contributed by atoms with Gasteiger partial charge in [0.15, 0.2) is 10.8 Å². The van der Waals surface area contributed by atoms with Gasteiger partial charge in [-0.25, -0.2) is 9.67 Å². The molecule has 2 aromatic heterocycles. The van der Waals surface area contributed by atoms with Gasteiger partial charge in [-0.1, -0.05) is 41.6 Å². The fourth-order valence-electron chi connectivity index (χ4n) is 3.20. The summed E-state index contributed by atoms with van der Waals surface area (Å²) in [6, 6.07) is 14.5. The predicted octanol–water partition coefficient (Wildman–Crippen LogP) is 5.20. The summed E-state index contributed by atoms with van der Waals surface area (Å²) in [6.45, 7) is 3.50. The molecule has 4 aromatic rings. The van der Waals surface area contributed by atoms with Crippen LogP contribution in [0.4, 0.5) is 18.3 Å². The van der Waals surface area contributed by atoms with Crippen LogP contribution in [0.3, 0.4) is 0 Å². The Bertz CT molecular complexity index is 1260. The number of hydrogen-bond acceptors (Lipinski definition) is 5. The summed E-state index contributed by atoms with van der Waals surface area (Å²) in [4.78, 5) is 17.8. The molecule has 2 aromatic carbocycles. The zero-order chi connectivity index (χ0) is 22.9. The summed E-state index contributed by atoms with van der Waals surface area (Å²) in [7, 11) is 0. The average Bonchev–Trinajstić information content (AvgIpc) is 3.30. The molecule has 0 saturated heterocycles. The van der Waals surface area contributed by atoms with Gasteiger partial charge in [0.25, 0.3) is 5.91 Å². The van der Waals surface area contributed by atoms with Gasteiger partial charge in [0.1, 0.15) is 0 Å². The number of alkyl halides is 3. The van der Waals surface area contributed by atoms with Crippen LogP contribution in [0, 0.1) is 13.8 Å². The molecule has 0 aliphatic carbocycles. The molecule has 2 heterocycles. The number of nitrogens with zero attached hydrogens (tertiary/aromatic N) is 4. The highest BCUT2D eigenvalue weighted by Crippen LogP contribution is 2.31. The molecule has 0 aliphatic rings. The van der Waals surface area contributed by atoms with Crippen LogP contribution in [0.5, 0.6) is 0 Å². The number of carbonyl (C=O) groups is 1. The van der Waals surface area contributed by atoms with Crippen molar-refractivity contribution in [3.05, 3.63) is 87.7 Å². The van der Waals surface area contributed by atoms with Gasteiger partial charge in [-0.05, 0) is 37.6 Å². The molecule has 0 unspecified atom stereocenters. The van der Waals surface area contributed by atoms with Crippen molar-refractivity contribution in [2.45, 2.75) is 26.4 Å². The molecule has 32 heavy (non-hydrogen) atoms. The summed E-state index contributed by atoms with van der Waals surface area (Å²) >= 11 is 1.22. The molecule has 6 nitrogen and oxygen atoms in total. The number of halogens is 3. The van der Waals surface area contributed by atoms with Gasteiger partial charge < -0.3 is 0 Å². The Labute approximate surface area is 185 Å². The van der Waals surface area contributed by atoms with Crippen LogP contribution in [0.15, 0.2) is 54.6 Å². The minimum absolute atomic E-state index is 0.168. The summed E-state index contributed by atoms with van der Waals surface area (Å²) in [5, 5.41) is 11.1. The molecule has 1 N–H and O–H groups in total. The largest absolute Gasteiger partial charge is 0.416 e. The molecule has 1 amide bonds. The lowest BCUT2D eigenvalue weighted by atomic mass is 10.1. The third-order valence-electron chi connectivity index (χ3n) is 4.84. The zero-order valence-corrected chi connectivity index (χ0v) is 18.0. The lowest BCUT2D eigenvalue weighted by Crippen LogP contribution is -2.14. The Balaban J connectivity index is 1.51. The van der Waals surface area contributed by atoms with Crippen LogP contribution in [0.25, 0.3) is 5.69 Å². The van der Waals surface area contributed by atoms with E-state index in [0.29, 0.717) is 22.1 Å². The van der Waals surface area contributed by atoms with Crippen molar-refractivity contribution in [1.29, 1.82) is 0 Å². The molecule has 4 rings (SSSR count). The van der Waals surface area contributed by atoms with E-state index in [-0.39, 0.29) is 12.1 Å². The average molecular weight is 457 g/mol. The first-order chi connectivity index (χ1) is 15.2. The Hall–Kier alpha value is -3.53. The van der Waals surface area contributed by atoms with Crippen molar-refractivity contribution in [2.24, 2.45) is 0 Å². The summed E-state index contributed by atoms with van der Waals surface area (Å²) in [5.74, 6) is -0.455. The van der Waals surface area contributed by atoms with Gasteiger partial charge >= 0.3 is 6.18 Å². The van der Waals surface area contributed by atoms with E-state index in [1.807, 2.05) is 30.3 Å². The van der Waals surface area contributed by atoms with Gasteiger partial charge in [0.05, 0.1) is 22.6 Å². The maximum Gasteiger partial charge on any atom is 0.416 e. The predicted molar refractivity (Wildman–Crippen MR) is 115 cm³/mol. The van der Waals surface area contributed by atoms with E-state index in [0.717, 1.165) is 22.7 Å². The highest BCUT2D eigenvalue weighted by Gasteiger charge is 2.30. The van der Waals surface area contributed by atoms with Gasteiger partial charge in [0, 0.05) is 11.3 Å². The van der Waals surface area contributed by atoms with Crippen LogP contribution in [0.2, 0.25) is 0 Å². The quantitative estimate of drug-likeness (QED) is 0.447. The molecule has 0 spiro atoms. The van der Waals surface area contributed by atoms with E-state index in [9.17, 15) is 18.0 Å². The van der Waals surface area contributed by atoms with Gasteiger partial charge in [0.2, 0.25) is 0 Å². The number of rotatable bonds is 5. The molecule has 10 heteroatoms. The fourth-order valence-corrected chi connectivity index (χ4v) is 4.19. The van der Waals surface area contributed by atoms with Gasteiger partial charge in [-0.15, -0.1) is 16.4 Å². The number of nitrogens with one attached hydrogen (secondary N) is 1. The second-order valence-corrected chi connectivity index (χ2v) is 8.21. The summed E-state index contributed by atoms with van der Waals surface area (Å²) < 4.78 is 40.5. The molecule has 0 radical (unpaired) electrons. The first kappa shape index (κ1) is 21.7. The molecule has 0 fully saturated rings. The van der Waals surface area contributed by atoms with Crippen LogP contribution in [0.1, 0.15) is 37.9 Å². The molecular weight excluding hydrogens is 439 g/mol. The van der Waals surface area contributed by atoms with Crippen molar-refractivity contribution in [2.75, 3.05) is 5.32 Å². The Kier molecular flexibility index (Phi) is 5.79. The van der Waals surface area contributed by atoms with Crippen molar-refractivity contribution in [3.63, 3.8) is 0 Å². The van der Waals surface area contributed by atoms with Crippen molar-refractivity contribution < 1.29 is 18.0 Å². The first-order valence-corrected chi connectivity index (χ1v) is 10.5. The minimum atomic E-state index is -4.40. The third-order valence-corrected chi connectivity index (χ3v) is 5.92. The number of anilines is 1. The summed E-state index contributed by atoms with van der Waals surface area (Å²) in [6.07, 6.45) is -4.11. The maximum absolute atomic E-state index is 13.0. The molecular formula is C22H18F3N5OS. The first-order valence-electron chi connectivity index (χ1n) is 9.64. The number of aryl methyl sites for hydroxylation is 1. The number of hydrogen-bond donors (Lipinski definition) is 1. The lowest BCUT2D eigenvalue weighted by molar-refractivity contribution is -0.137. The molecule has 0 atom stereocenters. The smallest absolute Gasteiger partial charge is 0.296 e. The van der Waals surface area contributed by atoms with Crippen molar-refractivity contribution in [1.82, 2.24) is 20.0 Å². The van der Waals surface area contributed by atoms with E-state index in [2.05, 4.69) is 20.6 Å². The SMILES string of the molecule is Cc1nc(NC(=O)c2nnn(-c3ccccc3)c2C)sc1Cc1cccc(C(F)(F)F)c1. The third kappa shape index (κ3) is 4.54. The maximum atomic E-state index is 13.0. The Morgan fingerprint density at radius 1 is 1.09 bits per heavy atom. The van der Waals surface area contributed by atoms with E-state index < -0.39 is 17.6 Å². The monoisotopic (exact) mass is 457 g/mol. The minimum Gasteiger partial charge on any atom is -0.296 e. The number of aromatic nitrogens is 4. The highest BCUT2D eigenvalue weighted by atomic mass is 32.1. The van der Waals surface area contributed by atoms with Crippen LogP contribution in [-0.4, -0.2) is 25.9 Å². The lowest BCUT2D eigenvalue weighted by Gasteiger charge is -2.08. The van der Waals surface area contributed by atoms with E-state index in [4.69, 9.17) is 0 Å². The van der Waals surface area contributed by atoms with E-state index in [1.54, 1.807) is 24.6 Å². The van der Waals surface area contributed by atoms with Crippen LogP contribution < -0.4 is 5.32 Å². The number of carbonyl (C=O) groups excluding carboxylic acids is 1.